The van der Waals surface area contributed by atoms with Gasteiger partial charge in [0.15, 0.2) is 0 Å². The zero-order chi connectivity index (χ0) is 14.7. The lowest BCUT2D eigenvalue weighted by atomic mass is 9.98. The highest BCUT2D eigenvalue weighted by Crippen LogP contribution is 2.24. The van der Waals surface area contributed by atoms with Crippen LogP contribution in [0.3, 0.4) is 0 Å². The van der Waals surface area contributed by atoms with E-state index in [0.29, 0.717) is 12.5 Å². The molecule has 3 rings (SSSR count). The second kappa shape index (κ2) is 5.79. The van der Waals surface area contributed by atoms with Gasteiger partial charge in [0.05, 0.1) is 0 Å². The molecule has 0 aliphatic carbocycles. The molecule has 0 unspecified atom stereocenters. The molecule has 4 heteroatoms. The lowest BCUT2D eigenvalue weighted by Gasteiger charge is -2.08. The van der Waals surface area contributed by atoms with Gasteiger partial charge >= 0.3 is 0 Å². The zero-order valence-corrected chi connectivity index (χ0v) is 12.1. The average molecular weight is 279 g/mol. The number of nitrogens with zero attached hydrogens (tertiary/aromatic N) is 2. The third-order valence-corrected chi connectivity index (χ3v) is 3.43. The van der Waals surface area contributed by atoms with E-state index < -0.39 is 0 Å². The third kappa shape index (κ3) is 3.11. The minimum absolute atomic E-state index is 0.486. The first kappa shape index (κ1) is 13.4. The number of aromatic nitrogens is 3. The molecule has 0 amide bonds. The van der Waals surface area contributed by atoms with Crippen molar-refractivity contribution in [3.05, 3.63) is 65.4 Å². The standard InChI is InChI=1S/C17H17N3O/c1-12-3-8-16(13(2)9-12)15-6-4-14(5-7-15)11-21-17-10-18-20-19-17/h3-10H,11H2,1-2H3,(H,18,19,20). The van der Waals surface area contributed by atoms with Gasteiger partial charge in [0.1, 0.15) is 12.8 Å². The molecule has 2 aromatic carbocycles. The highest BCUT2D eigenvalue weighted by atomic mass is 16.5. The summed E-state index contributed by atoms with van der Waals surface area (Å²) in [4.78, 5) is 0. The highest BCUT2D eigenvalue weighted by molar-refractivity contribution is 5.67. The monoisotopic (exact) mass is 279 g/mol. The predicted octanol–water partition coefficient (Wildman–Crippen LogP) is 3.67. The van der Waals surface area contributed by atoms with Crippen LogP contribution in [0.5, 0.6) is 5.88 Å². The summed E-state index contributed by atoms with van der Waals surface area (Å²) in [5.74, 6) is 0.508. The van der Waals surface area contributed by atoms with Crippen molar-refractivity contribution in [2.24, 2.45) is 0 Å². The first-order chi connectivity index (χ1) is 10.2. The SMILES string of the molecule is Cc1ccc(-c2ccc(COc3cn[nH]n3)cc2)c(C)c1. The summed E-state index contributed by atoms with van der Waals surface area (Å²) < 4.78 is 5.51. The van der Waals surface area contributed by atoms with Gasteiger partial charge in [-0.15, -0.1) is 5.10 Å². The Morgan fingerprint density at radius 1 is 1.05 bits per heavy atom. The molecule has 3 aromatic rings. The van der Waals surface area contributed by atoms with Crippen LogP contribution in [0.1, 0.15) is 16.7 Å². The van der Waals surface area contributed by atoms with E-state index in [0.717, 1.165) is 5.56 Å². The van der Waals surface area contributed by atoms with Crippen molar-refractivity contribution in [2.45, 2.75) is 20.5 Å². The van der Waals surface area contributed by atoms with Crippen molar-refractivity contribution in [2.75, 3.05) is 0 Å². The molecule has 0 aliphatic rings. The highest BCUT2D eigenvalue weighted by Gasteiger charge is 2.03. The number of aromatic amines is 1. The second-order valence-corrected chi connectivity index (χ2v) is 5.11. The van der Waals surface area contributed by atoms with E-state index in [4.69, 9.17) is 4.74 Å². The molecule has 0 radical (unpaired) electrons. The summed E-state index contributed by atoms with van der Waals surface area (Å²) in [5, 5.41) is 10.1. The van der Waals surface area contributed by atoms with Crippen molar-refractivity contribution in [1.29, 1.82) is 0 Å². The van der Waals surface area contributed by atoms with Gasteiger partial charge in [-0.3, -0.25) is 0 Å². The van der Waals surface area contributed by atoms with Crippen molar-refractivity contribution in [3.63, 3.8) is 0 Å². The molecule has 0 saturated carbocycles. The minimum Gasteiger partial charge on any atom is -0.471 e. The van der Waals surface area contributed by atoms with Crippen LogP contribution in [0.2, 0.25) is 0 Å². The smallest absolute Gasteiger partial charge is 0.253 e. The van der Waals surface area contributed by atoms with E-state index in [-0.39, 0.29) is 0 Å². The second-order valence-electron chi connectivity index (χ2n) is 5.11. The molecule has 0 bridgehead atoms. The van der Waals surface area contributed by atoms with E-state index in [1.807, 2.05) is 0 Å². The Balaban J connectivity index is 1.74. The Morgan fingerprint density at radius 3 is 2.52 bits per heavy atom. The van der Waals surface area contributed by atoms with E-state index in [9.17, 15) is 0 Å². The molecule has 0 aliphatic heterocycles. The van der Waals surface area contributed by atoms with Crippen LogP contribution in [-0.2, 0) is 6.61 Å². The summed E-state index contributed by atoms with van der Waals surface area (Å²) in [6.07, 6.45) is 1.56. The lowest BCUT2D eigenvalue weighted by molar-refractivity contribution is 0.293. The van der Waals surface area contributed by atoms with Crippen LogP contribution in [-0.4, -0.2) is 15.4 Å². The van der Waals surface area contributed by atoms with Gasteiger partial charge in [-0.25, -0.2) is 0 Å². The van der Waals surface area contributed by atoms with E-state index in [1.54, 1.807) is 6.20 Å². The van der Waals surface area contributed by atoms with Crippen LogP contribution in [0.25, 0.3) is 11.1 Å². The molecule has 0 atom stereocenters. The molecule has 0 saturated heterocycles. The quantitative estimate of drug-likeness (QED) is 0.792. The van der Waals surface area contributed by atoms with Crippen LogP contribution in [0, 0.1) is 13.8 Å². The van der Waals surface area contributed by atoms with Crippen LogP contribution in [0.15, 0.2) is 48.7 Å². The Hall–Kier alpha value is -2.62. The van der Waals surface area contributed by atoms with Crippen LogP contribution in [0.4, 0.5) is 0 Å². The summed E-state index contributed by atoms with van der Waals surface area (Å²) in [6.45, 7) is 4.74. The average Bonchev–Trinajstić information content (AvgIpc) is 2.99. The first-order valence-electron chi connectivity index (χ1n) is 6.87. The number of hydrogen-bond donors (Lipinski definition) is 1. The van der Waals surface area contributed by atoms with Crippen molar-refractivity contribution >= 4 is 0 Å². The predicted molar refractivity (Wildman–Crippen MR) is 82.1 cm³/mol. The summed E-state index contributed by atoms with van der Waals surface area (Å²) >= 11 is 0. The van der Waals surface area contributed by atoms with Gasteiger partial charge < -0.3 is 4.74 Å². The van der Waals surface area contributed by atoms with Gasteiger partial charge in [-0.1, -0.05) is 48.0 Å². The number of ether oxygens (including phenoxy) is 1. The first-order valence-corrected chi connectivity index (χ1v) is 6.87. The Morgan fingerprint density at radius 2 is 1.86 bits per heavy atom. The number of rotatable bonds is 4. The normalized spacial score (nSPS) is 10.6. The van der Waals surface area contributed by atoms with Crippen LogP contribution < -0.4 is 4.74 Å². The number of H-pyrrole nitrogens is 1. The largest absolute Gasteiger partial charge is 0.471 e. The Kier molecular flexibility index (Phi) is 3.69. The fourth-order valence-electron chi connectivity index (χ4n) is 2.34. The van der Waals surface area contributed by atoms with Crippen LogP contribution >= 0.6 is 0 Å². The van der Waals surface area contributed by atoms with Gasteiger partial charge in [0, 0.05) is 0 Å². The maximum absolute atomic E-state index is 5.51. The maximum Gasteiger partial charge on any atom is 0.253 e. The van der Waals surface area contributed by atoms with Gasteiger partial charge in [-0.2, -0.15) is 10.3 Å². The maximum atomic E-state index is 5.51. The minimum atomic E-state index is 0.486. The van der Waals surface area contributed by atoms with E-state index in [1.165, 1.54) is 22.3 Å². The van der Waals surface area contributed by atoms with Crippen molar-refractivity contribution < 1.29 is 4.74 Å². The molecule has 0 spiro atoms. The molecular formula is C17H17N3O. The fraction of sp³-hybridized carbons (Fsp3) is 0.176. The molecule has 0 fully saturated rings. The molecule has 106 valence electrons. The summed E-state index contributed by atoms with van der Waals surface area (Å²) in [5.41, 5.74) is 6.17. The Bertz CT molecular complexity index is 718. The van der Waals surface area contributed by atoms with E-state index in [2.05, 4.69) is 71.7 Å². The van der Waals surface area contributed by atoms with Crippen molar-refractivity contribution in [1.82, 2.24) is 15.4 Å². The molecule has 1 heterocycles. The number of hydrogen-bond acceptors (Lipinski definition) is 3. The molecule has 1 N–H and O–H groups in total. The number of nitrogens with one attached hydrogen (secondary N) is 1. The summed E-state index contributed by atoms with van der Waals surface area (Å²) in [7, 11) is 0. The molecule has 4 nitrogen and oxygen atoms in total. The fourth-order valence-corrected chi connectivity index (χ4v) is 2.34. The third-order valence-electron chi connectivity index (χ3n) is 3.43. The molecule has 1 aromatic heterocycles. The topological polar surface area (TPSA) is 50.8 Å². The number of benzene rings is 2. The van der Waals surface area contributed by atoms with Gasteiger partial charge in [0.25, 0.3) is 5.88 Å². The lowest BCUT2D eigenvalue weighted by Crippen LogP contribution is -1.95. The zero-order valence-electron chi connectivity index (χ0n) is 12.1. The van der Waals surface area contributed by atoms with Gasteiger partial charge in [-0.05, 0) is 36.1 Å². The number of aryl methyl sites for hydroxylation is 2. The Labute approximate surface area is 123 Å². The van der Waals surface area contributed by atoms with Gasteiger partial charge in [0.2, 0.25) is 0 Å². The summed E-state index contributed by atoms with van der Waals surface area (Å²) in [6, 6.07) is 14.9. The van der Waals surface area contributed by atoms with E-state index >= 15 is 0 Å². The molecule has 21 heavy (non-hydrogen) atoms. The molecular weight excluding hydrogens is 262 g/mol. The van der Waals surface area contributed by atoms with Crippen molar-refractivity contribution in [3.8, 4) is 17.0 Å².